The quantitative estimate of drug-likeness (QED) is 0.514. The lowest BCUT2D eigenvalue weighted by atomic mass is 10.1. The van der Waals surface area contributed by atoms with E-state index in [9.17, 15) is 14.9 Å². The predicted molar refractivity (Wildman–Crippen MR) is 103 cm³/mol. The second kappa shape index (κ2) is 8.12. The summed E-state index contributed by atoms with van der Waals surface area (Å²) in [6, 6.07) is 4.49. The lowest BCUT2D eigenvalue weighted by molar-refractivity contribution is -0.384. The summed E-state index contributed by atoms with van der Waals surface area (Å²) in [4.78, 5) is 22.7. The van der Waals surface area contributed by atoms with Crippen LogP contribution < -0.4 is 10.1 Å². The summed E-state index contributed by atoms with van der Waals surface area (Å²) in [6.07, 6.45) is 0. The molecule has 1 amide bonds. The number of nitrogens with zero attached hydrogens (tertiary/aromatic N) is 1. The van der Waals surface area contributed by atoms with Crippen molar-refractivity contribution >= 4 is 52.1 Å². The average Bonchev–Trinajstić information content (AvgIpc) is 2.59. The molecule has 26 heavy (non-hydrogen) atoms. The molecule has 0 aliphatic heterocycles. The second-order valence-corrected chi connectivity index (χ2v) is 6.77. The minimum absolute atomic E-state index is 0.0786. The number of nitro benzene ring substituents is 1. The van der Waals surface area contributed by atoms with Crippen molar-refractivity contribution in [3.63, 3.8) is 0 Å². The van der Waals surface area contributed by atoms with Crippen molar-refractivity contribution in [1.82, 2.24) is 0 Å². The van der Waals surface area contributed by atoms with E-state index >= 15 is 0 Å². The van der Waals surface area contributed by atoms with Crippen LogP contribution in [-0.2, 0) is 4.79 Å². The van der Waals surface area contributed by atoms with Gasteiger partial charge in [-0.3, -0.25) is 14.9 Å². The number of ether oxygens (including phenoxy) is 1. The van der Waals surface area contributed by atoms with Crippen molar-refractivity contribution in [2.75, 3.05) is 11.9 Å². The molecule has 0 aromatic heterocycles. The van der Waals surface area contributed by atoms with Crippen LogP contribution in [0.1, 0.15) is 16.7 Å². The minimum Gasteiger partial charge on any atom is -0.481 e. The molecule has 0 radical (unpaired) electrons. The molecule has 0 aliphatic rings. The Balaban J connectivity index is 2.18. The molecule has 2 rings (SSSR count). The van der Waals surface area contributed by atoms with Gasteiger partial charge >= 0.3 is 0 Å². The first-order valence-corrected chi connectivity index (χ1v) is 8.58. The largest absolute Gasteiger partial charge is 0.481 e. The Morgan fingerprint density at radius 2 is 1.69 bits per heavy atom. The number of halogens is 3. The molecule has 0 aliphatic carbocycles. The second-order valence-electron chi connectivity index (χ2n) is 5.64. The lowest BCUT2D eigenvalue weighted by Gasteiger charge is -2.15. The van der Waals surface area contributed by atoms with Crippen LogP contribution in [0.3, 0.4) is 0 Å². The van der Waals surface area contributed by atoms with E-state index in [1.165, 1.54) is 12.1 Å². The van der Waals surface area contributed by atoms with Crippen molar-refractivity contribution in [3.05, 3.63) is 60.1 Å². The van der Waals surface area contributed by atoms with Gasteiger partial charge in [-0.15, -0.1) is 0 Å². The van der Waals surface area contributed by atoms with Gasteiger partial charge in [0.15, 0.2) is 12.4 Å². The van der Waals surface area contributed by atoms with Gasteiger partial charge in [0, 0.05) is 11.1 Å². The van der Waals surface area contributed by atoms with Crippen LogP contribution >= 0.6 is 34.8 Å². The van der Waals surface area contributed by atoms with E-state index in [2.05, 4.69) is 5.32 Å². The van der Waals surface area contributed by atoms with Crippen LogP contribution in [0.5, 0.6) is 5.75 Å². The SMILES string of the molecule is Cc1ccc(NC(=O)COc2c(Cl)c(C)c(Cl)c(C)c2Cl)c([N+](=O)[O-])c1. The van der Waals surface area contributed by atoms with Crippen LogP contribution in [0, 0.1) is 30.9 Å². The summed E-state index contributed by atoms with van der Waals surface area (Å²) in [5.74, 6) is -0.448. The molecule has 2 aromatic rings. The third kappa shape index (κ3) is 4.20. The molecule has 0 atom stereocenters. The summed E-state index contributed by atoms with van der Waals surface area (Å²) in [6.45, 7) is 4.70. The number of carbonyl (C=O) groups excluding carboxylic acids is 1. The van der Waals surface area contributed by atoms with Crippen LogP contribution in [0.4, 0.5) is 11.4 Å². The van der Waals surface area contributed by atoms with E-state index in [1.54, 1.807) is 26.8 Å². The smallest absolute Gasteiger partial charge is 0.293 e. The minimum atomic E-state index is -0.589. The van der Waals surface area contributed by atoms with E-state index in [0.29, 0.717) is 21.7 Å². The molecular weight excluding hydrogens is 403 g/mol. The Morgan fingerprint density at radius 1 is 1.12 bits per heavy atom. The summed E-state index contributed by atoms with van der Waals surface area (Å²) in [5.41, 5.74) is 1.75. The topological polar surface area (TPSA) is 81.5 Å². The lowest BCUT2D eigenvalue weighted by Crippen LogP contribution is -2.21. The molecule has 0 saturated heterocycles. The number of rotatable bonds is 5. The zero-order valence-corrected chi connectivity index (χ0v) is 16.4. The number of nitro groups is 1. The van der Waals surface area contributed by atoms with Crippen molar-refractivity contribution in [2.45, 2.75) is 20.8 Å². The van der Waals surface area contributed by atoms with Gasteiger partial charge in [0.1, 0.15) is 5.69 Å². The molecule has 2 aromatic carbocycles. The van der Waals surface area contributed by atoms with Crippen molar-refractivity contribution in [3.8, 4) is 5.75 Å². The zero-order valence-electron chi connectivity index (χ0n) is 14.2. The predicted octanol–water partition coefficient (Wildman–Crippen LogP) is 5.50. The number of nitrogens with one attached hydrogen (secondary N) is 1. The maximum Gasteiger partial charge on any atom is 0.293 e. The molecule has 1 N–H and O–H groups in total. The van der Waals surface area contributed by atoms with E-state index in [0.717, 1.165) is 0 Å². The number of anilines is 1. The Bertz CT molecular complexity index is 871. The highest BCUT2D eigenvalue weighted by atomic mass is 35.5. The molecule has 0 bridgehead atoms. The summed E-state index contributed by atoms with van der Waals surface area (Å²) < 4.78 is 5.44. The van der Waals surface area contributed by atoms with Gasteiger partial charge in [0.05, 0.1) is 15.0 Å². The third-order valence-electron chi connectivity index (χ3n) is 3.69. The number of hydrogen-bond acceptors (Lipinski definition) is 4. The highest BCUT2D eigenvalue weighted by Gasteiger charge is 2.20. The van der Waals surface area contributed by atoms with E-state index in [-0.39, 0.29) is 27.2 Å². The number of carbonyl (C=O) groups is 1. The summed E-state index contributed by atoms with van der Waals surface area (Å²) in [5, 5.41) is 14.4. The first kappa shape index (κ1) is 20.3. The summed E-state index contributed by atoms with van der Waals surface area (Å²) in [7, 11) is 0. The number of aryl methyl sites for hydroxylation is 1. The Labute approximate surface area is 165 Å². The fourth-order valence-corrected chi connectivity index (χ4v) is 3.08. The maximum atomic E-state index is 12.1. The van der Waals surface area contributed by atoms with Crippen LogP contribution in [0.2, 0.25) is 15.1 Å². The highest BCUT2D eigenvalue weighted by Crippen LogP contribution is 2.42. The monoisotopic (exact) mass is 416 g/mol. The first-order valence-electron chi connectivity index (χ1n) is 7.44. The van der Waals surface area contributed by atoms with Crippen LogP contribution in [0.15, 0.2) is 18.2 Å². The first-order chi connectivity index (χ1) is 12.1. The molecule has 0 unspecified atom stereocenters. The molecule has 9 heteroatoms. The molecule has 6 nitrogen and oxygen atoms in total. The Kier molecular flexibility index (Phi) is 6.34. The van der Waals surface area contributed by atoms with Gasteiger partial charge in [0.2, 0.25) is 0 Å². The van der Waals surface area contributed by atoms with Gasteiger partial charge in [-0.25, -0.2) is 0 Å². The van der Waals surface area contributed by atoms with Crippen molar-refractivity contribution in [2.24, 2.45) is 0 Å². The normalized spacial score (nSPS) is 10.5. The zero-order chi connectivity index (χ0) is 19.6. The fourth-order valence-electron chi connectivity index (χ4n) is 2.26. The van der Waals surface area contributed by atoms with Crippen molar-refractivity contribution in [1.29, 1.82) is 0 Å². The van der Waals surface area contributed by atoms with E-state index in [4.69, 9.17) is 39.5 Å². The number of benzene rings is 2. The fraction of sp³-hybridized carbons (Fsp3) is 0.235. The molecule has 0 heterocycles. The maximum absolute atomic E-state index is 12.1. The molecule has 138 valence electrons. The molecule has 0 saturated carbocycles. The average molecular weight is 418 g/mol. The van der Waals surface area contributed by atoms with Crippen molar-refractivity contribution < 1.29 is 14.5 Å². The van der Waals surface area contributed by atoms with Crippen LogP contribution in [-0.4, -0.2) is 17.4 Å². The number of hydrogen-bond donors (Lipinski definition) is 1. The Morgan fingerprint density at radius 3 is 2.23 bits per heavy atom. The molecule has 0 fully saturated rings. The van der Waals surface area contributed by atoms with Gasteiger partial charge < -0.3 is 10.1 Å². The van der Waals surface area contributed by atoms with Gasteiger partial charge in [-0.2, -0.15) is 0 Å². The number of amides is 1. The van der Waals surface area contributed by atoms with Gasteiger partial charge in [-0.1, -0.05) is 40.9 Å². The standard InChI is InChI=1S/C17H15Cl3N2O4/c1-8-4-5-11(12(6-8)22(24)25)21-13(23)7-26-17-15(19)9(2)14(18)10(3)16(17)20/h4-6H,7H2,1-3H3,(H,21,23). The summed E-state index contributed by atoms with van der Waals surface area (Å²) >= 11 is 18.5. The van der Waals surface area contributed by atoms with Gasteiger partial charge in [0.25, 0.3) is 11.6 Å². The van der Waals surface area contributed by atoms with Crippen LogP contribution in [0.25, 0.3) is 0 Å². The van der Waals surface area contributed by atoms with Gasteiger partial charge in [-0.05, 0) is 43.5 Å². The third-order valence-corrected chi connectivity index (χ3v) is 5.16. The molecular formula is C17H15Cl3N2O4. The molecule has 0 spiro atoms. The van der Waals surface area contributed by atoms with E-state index < -0.39 is 17.4 Å². The highest BCUT2D eigenvalue weighted by molar-refractivity contribution is 6.42. The Hall–Kier alpha value is -2.02. The van der Waals surface area contributed by atoms with E-state index in [1.807, 2.05) is 0 Å².